The molecule has 1 aromatic carbocycles. The van der Waals surface area contributed by atoms with Crippen LogP contribution in [0, 0.1) is 5.92 Å². The third-order valence-corrected chi connectivity index (χ3v) is 5.05. The van der Waals surface area contributed by atoms with Gasteiger partial charge in [0.15, 0.2) is 0 Å². The van der Waals surface area contributed by atoms with Crippen LogP contribution in [0.15, 0.2) is 64.5 Å². The highest BCUT2D eigenvalue weighted by Crippen LogP contribution is 2.42. The van der Waals surface area contributed by atoms with Crippen molar-refractivity contribution < 1.29 is 10.2 Å². The molecule has 0 fully saturated rings. The molecule has 0 aromatic heterocycles. The number of fused-ring (bicyclic) bond motifs is 1. The van der Waals surface area contributed by atoms with Crippen LogP contribution in [0.1, 0.15) is 24.8 Å². The van der Waals surface area contributed by atoms with Gasteiger partial charge in [-0.25, -0.2) is 0 Å². The Morgan fingerprint density at radius 1 is 1.10 bits per heavy atom. The van der Waals surface area contributed by atoms with Crippen LogP contribution in [-0.4, -0.2) is 10.2 Å². The number of aliphatic hydroxyl groups is 2. The average molecular weight is 286 g/mol. The summed E-state index contributed by atoms with van der Waals surface area (Å²) < 4.78 is 0. The SMILES string of the molecule is OC1=CCCC2C1=CCC(SCc1ccccc1)=C2O. The van der Waals surface area contributed by atoms with Gasteiger partial charge < -0.3 is 10.2 Å². The standard InChI is InChI=1S/C17H18O2S/c18-15-8-4-7-14-13(15)9-10-16(17(14)19)20-11-12-5-2-1-3-6-12/h1-3,5-6,8-9,14,18-19H,4,7,10-11H2. The maximum Gasteiger partial charge on any atom is 0.115 e. The lowest BCUT2D eigenvalue weighted by atomic mass is 9.83. The second-order valence-electron chi connectivity index (χ2n) is 5.17. The topological polar surface area (TPSA) is 40.5 Å². The third-order valence-electron chi connectivity index (χ3n) is 3.84. The minimum atomic E-state index is -0.00739. The number of rotatable bonds is 3. The Morgan fingerprint density at radius 3 is 2.70 bits per heavy atom. The molecule has 1 unspecified atom stereocenters. The van der Waals surface area contributed by atoms with E-state index in [4.69, 9.17) is 0 Å². The highest BCUT2D eigenvalue weighted by molar-refractivity contribution is 8.02. The van der Waals surface area contributed by atoms with Gasteiger partial charge in [-0.05, 0) is 24.5 Å². The van der Waals surface area contributed by atoms with Crippen molar-refractivity contribution in [1.82, 2.24) is 0 Å². The molecular weight excluding hydrogens is 268 g/mol. The minimum Gasteiger partial charge on any atom is -0.511 e. The van der Waals surface area contributed by atoms with Gasteiger partial charge in [0.25, 0.3) is 0 Å². The fourth-order valence-corrected chi connectivity index (χ4v) is 3.77. The minimum absolute atomic E-state index is 0.00739. The van der Waals surface area contributed by atoms with Crippen LogP contribution in [0.4, 0.5) is 0 Å². The first kappa shape index (κ1) is 13.4. The van der Waals surface area contributed by atoms with Crippen molar-refractivity contribution >= 4 is 11.8 Å². The molecule has 0 saturated carbocycles. The average Bonchev–Trinajstić information content (AvgIpc) is 2.48. The van der Waals surface area contributed by atoms with E-state index in [1.807, 2.05) is 24.3 Å². The molecule has 0 spiro atoms. The summed E-state index contributed by atoms with van der Waals surface area (Å²) in [5.41, 5.74) is 2.16. The summed E-state index contributed by atoms with van der Waals surface area (Å²) in [6.07, 6.45) is 6.33. The largest absolute Gasteiger partial charge is 0.511 e. The second kappa shape index (κ2) is 5.80. The molecule has 1 atom stereocenters. The maximum absolute atomic E-state index is 10.4. The number of aliphatic hydroxyl groups excluding tert-OH is 2. The molecule has 1 aromatic rings. The molecule has 2 N–H and O–H groups in total. The Labute approximate surface area is 123 Å². The van der Waals surface area contributed by atoms with Crippen LogP contribution in [-0.2, 0) is 5.75 Å². The molecule has 0 radical (unpaired) electrons. The molecule has 0 heterocycles. The Bertz CT molecular complexity index is 584. The summed E-state index contributed by atoms with van der Waals surface area (Å²) in [4.78, 5) is 1.04. The number of allylic oxidation sites excluding steroid dienone is 5. The molecular formula is C17H18O2S. The number of hydrogen-bond acceptors (Lipinski definition) is 3. The second-order valence-corrected chi connectivity index (χ2v) is 6.24. The Morgan fingerprint density at radius 2 is 1.90 bits per heavy atom. The first-order valence-electron chi connectivity index (χ1n) is 6.94. The zero-order chi connectivity index (χ0) is 13.9. The molecule has 0 saturated heterocycles. The summed E-state index contributed by atoms with van der Waals surface area (Å²) in [5, 5.41) is 20.3. The van der Waals surface area contributed by atoms with Crippen LogP contribution in [0.5, 0.6) is 0 Å². The highest BCUT2D eigenvalue weighted by Gasteiger charge is 2.29. The third kappa shape index (κ3) is 2.63. The van der Waals surface area contributed by atoms with Crippen LogP contribution >= 0.6 is 11.8 Å². The lowest BCUT2D eigenvalue weighted by Gasteiger charge is -2.28. The van der Waals surface area contributed by atoms with Crippen LogP contribution < -0.4 is 0 Å². The maximum atomic E-state index is 10.4. The number of benzene rings is 1. The van der Waals surface area contributed by atoms with Crippen molar-refractivity contribution in [1.29, 1.82) is 0 Å². The lowest BCUT2D eigenvalue weighted by Crippen LogP contribution is -2.17. The monoisotopic (exact) mass is 286 g/mol. The van der Waals surface area contributed by atoms with Gasteiger partial charge in [0, 0.05) is 28.6 Å². The van der Waals surface area contributed by atoms with E-state index in [-0.39, 0.29) is 5.92 Å². The summed E-state index contributed by atoms with van der Waals surface area (Å²) in [6, 6.07) is 10.3. The zero-order valence-corrected chi connectivity index (χ0v) is 12.1. The zero-order valence-electron chi connectivity index (χ0n) is 11.2. The van der Waals surface area contributed by atoms with Crippen molar-refractivity contribution in [3.05, 3.63) is 70.0 Å². The fraction of sp³-hybridized carbons (Fsp3) is 0.294. The smallest absolute Gasteiger partial charge is 0.115 e. The summed E-state index contributed by atoms with van der Waals surface area (Å²) >= 11 is 1.70. The number of hydrogen-bond donors (Lipinski definition) is 2. The van der Waals surface area contributed by atoms with Gasteiger partial charge in [-0.1, -0.05) is 36.4 Å². The molecule has 2 aliphatic carbocycles. The highest BCUT2D eigenvalue weighted by atomic mass is 32.2. The van der Waals surface area contributed by atoms with Crippen molar-refractivity contribution in [2.24, 2.45) is 5.92 Å². The van der Waals surface area contributed by atoms with Gasteiger partial charge in [-0.15, -0.1) is 11.8 Å². The van der Waals surface area contributed by atoms with Crippen molar-refractivity contribution in [3.63, 3.8) is 0 Å². The fourth-order valence-electron chi connectivity index (χ4n) is 2.75. The van der Waals surface area contributed by atoms with Gasteiger partial charge in [0.2, 0.25) is 0 Å². The van der Waals surface area contributed by atoms with E-state index in [2.05, 4.69) is 18.2 Å². The Kier molecular flexibility index (Phi) is 3.88. The molecule has 3 rings (SSSR count). The molecule has 2 nitrogen and oxygen atoms in total. The lowest BCUT2D eigenvalue weighted by molar-refractivity contribution is 0.309. The van der Waals surface area contributed by atoms with Gasteiger partial charge >= 0.3 is 0 Å². The molecule has 20 heavy (non-hydrogen) atoms. The van der Waals surface area contributed by atoms with E-state index < -0.39 is 0 Å². The molecule has 0 bridgehead atoms. The van der Waals surface area contributed by atoms with Crippen molar-refractivity contribution in [3.8, 4) is 0 Å². The van der Waals surface area contributed by atoms with E-state index in [1.165, 1.54) is 5.56 Å². The van der Waals surface area contributed by atoms with E-state index in [9.17, 15) is 10.2 Å². The summed E-state index contributed by atoms with van der Waals surface area (Å²) in [6.45, 7) is 0. The molecule has 2 aliphatic rings. The van der Waals surface area contributed by atoms with Crippen molar-refractivity contribution in [2.75, 3.05) is 0 Å². The van der Waals surface area contributed by atoms with E-state index in [0.29, 0.717) is 17.9 Å². The van der Waals surface area contributed by atoms with E-state index in [1.54, 1.807) is 11.8 Å². The van der Waals surface area contributed by atoms with Crippen LogP contribution in [0.25, 0.3) is 0 Å². The normalized spacial score (nSPS) is 22.1. The Hall–Kier alpha value is -1.61. The molecule has 3 heteroatoms. The predicted molar refractivity (Wildman–Crippen MR) is 83.5 cm³/mol. The molecule has 0 amide bonds. The summed E-state index contributed by atoms with van der Waals surface area (Å²) in [5.74, 6) is 1.67. The Balaban J connectivity index is 1.72. The quantitative estimate of drug-likeness (QED) is 0.832. The van der Waals surface area contributed by atoms with Crippen LogP contribution in [0.3, 0.4) is 0 Å². The van der Waals surface area contributed by atoms with E-state index in [0.717, 1.165) is 29.1 Å². The van der Waals surface area contributed by atoms with Crippen LogP contribution in [0.2, 0.25) is 0 Å². The van der Waals surface area contributed by atoms with Gasteiger partial charge in [0.1, 0.15) is 11.5 Å². The number of thioether (sulfide) groups is 1. The first-order chi connectivity index (χ1) is 9.75. The molecule has 0 aliphatic heterocycles. The summed E-state index contributed by atoms with van der Waals surface area (Å²) in [7, 11) is 0. The van der Waals surface area contributed by atoms with E-state index >= 15 is 0 Å². The molecule has 104 valence electrons. The first-order valence-corrected chi connectivity index (χ1v) is 7.92. The predicted octanol–water partition coefficient (Wildman–Crippen LogP) is 4.87. The van der Waals surface area contributed by atoms with Gasteiger partial charge in [-0.3, -0.25) is 0 Å². The van der Waals surface area contributed by atoms with Gasteiger partial charge in [0.05, 0.1) is 0 Å². The van der Waals surface area contributed by atoms with Gasteiger partial charge in [-0.2, -0.15) is 0 Å². The van der Waals surface area contributed by atoms with Crippen molar-refractivity contribution in [2.45, 2.75) is 25.0 Å².